The van der Waals surface area contributed by atoms with E-state index in [0.717, 1.165) is 38.5 Å². The maximum Gasteiger partial charge on any atom is 0.217 e. The SMILES string of the molecule is CNC1(Cc2ccccc2)CCc2ccc(C3CN(S(=O)(=O)C4CCC4)C3)cc21. The molecule has 1 heterocycles. The van der Waals surface area contributed by atoms with E-state index >= 15 is 0 Å². The summed E-state index contributed by atoms with van der Waals surface area (Å²) in [4.78, 5) is 0. The van der Waals surface area contributed by atoms with Crippen molar-refractivity contribution < 1.29 is 8.42 Å². The van der Waals surface area contributed by atoms with Gasteiger partial charge in [0.1, 0.15) is 0 Å². The summed E-state index contributed by atoms with van der Waals surface area (Å²) in [6, 6.07) is 17.6. The third-order valence-electron chi connectivity index (χ3n) is 7.45. The standard InChI is InChI=1S/C24H30N2O2S/c1-25-24(15-18-6-3-2-4-7-18)13-12-19-10-11-20(14-23(19)24)21-16-26(17-21)29(27,28)22-8-5-9-22/h2-4,6-7,10-11,14,21-22,25H,5,8-9,12-13,15-17H2,1H3. The van der Waals surface area contributed by atoms with E-state index in [2.05, 4.69) is 60.9 Å². The Kier molecular flexibility index (Phi) is 4.80. The molecule has 0 spiro atoms. The van der Waals surface area contributed by atoms with Crippen LogP contribution in [0.4, 0.5) is 0 Å². The average Bonchev–Trinajstić information content (AvgIpc) is 2.98. The molecule has 5 rings (SSSR count). The number of nitrogens with zero attached hydrogens (tertiary/aromatic N) is 1. The van der Waals surface area contributed by atoms with Gasteiger partial charge in [-0.2, -0.15) is 0 Å². The molecule has 1 unspecified atom stereocenters. The van der Waals surface area contributed by atoms with Gasteiger partial charge < -0.3 is 5.32 Å². The summed E-state index contributed by atoms with van der Waals surface area (Å²) in [5, 5.41) is 3.52. The molecule has 1 aliphatic heterocycles. The van der Waals surface area contributed by atoms with Crippen molar-refractivity contribution in [2.24, 2.45) is 0 Å². The minimum atomic E-state index is -3.07. The highest BCUT2D eigenvalue weighted by Crippen LogP contribution is 2.42. The molecule has 1 saturated carbocycles. The van der Waals surface area contributed by atoms with Gasteiger partial charge in [-0.25, -0.2) is 12.7 Å². The first kappa shape index (κ1) is 19.3. The van der Waals surface area contributed by atoms with E-state index in [1.807, 2.05) is 0 Å². The van der Waals surface area contributed by atoms with Crippen molar-refractivity contribution in [1.82, 2.24) is 9.62 Å². The summed E-state index contributed by atoms with van der Waals surface area (Å²) in [5.41, 5.74) is 5.44. The van der Waals surface area contributed by atoms with Crippen molar-refractivity contribution in [3.05, 3.63) is 70.8 Å². The molecule has 2 fully saturated rings. The largest absolute Gasteiger partial charge is 0.310 e. The van der Waals surface area contributed by atoms with Crippen LogP contribution in [0.3, 0.4) is 0 Å². The number of hydrogen-bond acceptors (Lipinski definition) is 3. The van der Waals surface area contributed by atoms with Crippen molar-refractivity contribution in [1.29, 1.82) is 0 Å². The van der Waals surface area contributed by atoms with Crippen LogP contribution in [-0.4, -0.2) is 38.1 Å². The Morgan fingerprint density at radius 1 is 1.10 bits per heavy atom. The Labute approximate surface area is 174 Å². The van der Waals surface area contributed by atoms with E-state index in [0.29, 0.717) is 19.0 Å². The molecule has 1 saturated heterocycles. The number of fused-ring (bicyclic) bond motifs is 1. The predicted octanol–water partition coefficient (Wildman–Crippen LogP) is 3.57. The third kappa shape index (κ3) is 3.24. The van der Waals surface area contributed by atoms with Gasteiger partial charge in [-0.1, -0.05) is 55.0 Å². The second-order valence-electron chi connectivity index (χ2n) is 9.02. The van der Waals surface area contributed by atoms with Crippen LogP contribution in [0, 0.1) is 0 Å². The van der Waals surface area contributed by atoms with Crippen molar-refractivity contribution >= 4 is 10.0 Å². The van der Waals surface area contributed by atoms with Gasteiger partial charge in [0.25, 0.3) is 0 Å². The normalized spacial score (nSPS) is 25.4. The molecule has 4 nitrogen and oxygen atoms in total. The first-order valence-corrected chi connectivity index (χ1v) is 12.4. The highest BCUT2D eigenvalue weighted by atomic mass is 32.2. The second kappa shape index (κ2) is 7.22. The fraction of sp³-hybridized carbons (Fsp3) is 0.500. The number of nitrogens with one attached hydrogen (secondary N) is 1. The van der Waals surface area contributed by atoms with Gasteiger partial charge in [0, 0.05) is 24.5 Å². The Morgan fingerprint density at radius 2 is 1.86 bits per heavy atom. The lowest BCUT2D eigenvalue weighted by Crippen LogP contribution is -2.53. The lowest BCUT2D eigenvalue weighted by Gasteiger charge is -2.42. The molecule has 1 N–H and O–H groups in total. The minimum absolute atomic E-state index is 0.0336. The van der Waals surface area contributed by atoms with Gasteiger partial charge in [0.05, 0.1) is 5.25 Å². The molecule has 0 bridgehead atoms. The van der Waals surface area contributed by atoms with Gasteiger partial charge in [-0.05, 0) is 61.4 Å². The minimum Gasteiger partial charge on any atom is -0.310 e. The Hall–Kier alpha value is -1.69. The molecule has 0 amide bonds. The molecule has 154 valence electrons. The topological polar surface area (TPSA) is 49.4 Å². The van der Waals surface area contributed by atoms with Crippen LogP contribution in [0.25, 0.3) is 0 Å². The lowest BCUT2D eigenvalue weighted by atomic mass is 9.82. The first-order chi connectivity index (χ1) is 14.0. The van der Waals surface area contributed by atoms with Gasteiger partial charge in [0.2, 0.25) is 10.0 Å². The van der Waals surface area contributed by atoms with Crippen molar-refractivity contribution in [2.75, 3.05) is 20.1 Å². The zero-order chi connectivity index (χ0) is 20.1. The number of hydrogen-bond donors (Lipinski definition) is 1. The number of benzene rings is 2. The van der Waals surface area contributed by atoms with E-state index in [1.54, 1.807) is 4.31 Å². The highest BCUT2D eigenvalue weighted by molar-refractivity contribution is 7.89. The van der Waals surface area contributed by atoms with Gasteiger partial charge in [-0.3, -0.25) is 0 Å². The maximum atomic E-state index is 12.6. The molecule has 0 radical (unpaired) electrons. The van der Waals surface area contributed by atoms with Crippen molar-refractivity contribution in [3.63, 3.8) is 0 Å². The second-order valence-corrected chi connectivity index (χ2v) is 11.2. The van der Waals surface area contributed by atoms with Crippen LogP contribution >= 0.6 is 0 Å². The van der Waals surface area contributed by atoms with Gasteiger partial charge in [0.15, 0.2) is 0 Å². The predicted molar refractivity (Wildman–Crippen MR) is 117 cm³/mol. The fourth-order valence-corrected chi connectivity index (χ4v) is 7.33. The van der Waals surface area contributed by atoms with Crippen LogP contribution < -0.4 is 5.32 Å². The Morgan fingerprint density at radius 3 is 2.52 bits per heavy atom. The van der Waals surface area contributed by atoms with Gasteiger partial charge in [-0.15, -0.1) is 0 Å². The summed E-state index contributed by atoms with van der Waals surface area (Å²) in [6.07, 6.45) is 5.91. The van der Waals surface area contributed by atoms with Crippen LogP contribution in [0.1, 0.15) is 53.9 Å². The van der Waals surface area contributed by atoms with E-state index in [-0.39, 0.29) is 10.8 Å². The smallest absolute Gasteiger partial charge is 0.217 e. The molecule has 3 aliphatic rings. The number of rotatable bonds is 6. The van der Waals surface area contributed by atoms with Crippen LogP contribution in [-0.2, 0) is 28.4 Å². The Balaban J connectivity index is 1.36. The molecule has 2 aromatic rings. The first-order valence-electron chi connectivity index (χ1n) is 10.9. The van der Waals surface area contributed by atoms with Gasteiger partial charge >= 0.3 is 0 Å². The zero-order valence-electron chi connectivity index (χ0n) is 17.1. The molecule has 29 heavy (non-hydrogen) atoms. The average molecular weight is 411 g/mol. The number of likely N-dealkylation sites (N-methyl/N-ethyl adjacent to an activating group) is 1. The Bertz CT molecular complexity index is 995. The summed E-state index contributed by atoms with van der Waals surface area (Å²) in [5.74, 6) is 0.321. The van der Waals surface area contributed by atoms with E-state index < -0.39 is 10.0 Å². The van der Waals surface area contributed by atoms with E-state index in [4.69, 9.17) is 0 Å². The molecular formula is C24H30N2O2S. The molecule has 0 aromatic heterocycles. The molecule has 2 aromatic carbocycles. The zero-order valence-corrected chi connectivity index (χ0v) is 17.9. The number of aryl methyl sites for hydroxylation is 1. The van der Waals surface area contributed by atoms with E-state index in [1.165, 1.54) is 22.3 Å². The molecule has 1 atom stereocenters. The molecule has 5 heteroatoms. The lowest BCUT2D eigenvalue weighted by molar-refractivity contribution is 0.254. The summed E-state index contributed by atoms with van der Waals surface area (Å²) in [7, 11) is -0.995. The van der Waals surface area contributed by atoms with Crippen LogP contribution in [0.15, 0.2) is 48.5 Å². The molecular weight excluding hydrogens is 380 g/mol. The van der Waals surface area contributed by atoms with Crippen molar-refractivity contribution in [3.8, 4) is 0 Å². The number of sulfonamides is 1. The maximum absolute atomic E-state index is 12.6. The van der Waals surface area contributed by atoms with Crippen LogP contribution in [0.5, 0.6) is 0 Å². The monoisotopic (exact) mass is 410 g/mol. The molecule has 2 aliphatic carbocycles. The van der Waals surface area contributed by atoms with E-state index in [9.17, 15) is 8.42 Å². The summed E-state index contributed by atoms with van der Waals surface area (Å²) in [6.45, 7) is 1.28. The third-order valence-corrected chi connectivity index (χ3v) is 9.78. The highest BCUT2D eigenvalue weighted by Gasteiger charge is 2.44. The summed E-state index contributed by atoms with van der Waals surface area (Å²) >= 11 is 0. The quantitative estimate of drug-likeness (QED) is 0.792. The summed E-state index contributed by atoms with van der Waals surface area (Å²) < 4.78 is 27.0. The van der Waals surface area contributed by atoms with Crippen LogP contribution in [0.2, 0.25) is 0 Å². The fourth-order valence-electron chi connectivity index (χ4n) is 5.21. The van der Waals surface area contributed by atoms with Crippen molar-refractivity contribution in [2.45, 2.75) is 55.2 Å².